The summed E-state index contributed by atoms with van der Waals surface area (Å²) in [6.45, 7) is 5.81. The predicted molar refractivity (Wildman–Crippen MR) is 88.6 cm³/mol. The number of carbonyl (C=O) groups excluding carboxylic acids is 1. The highest BCUT2D eigenvalue weighted by atomic mass is 32.1. The molecule has 5 nitrogen and oxygen atoms in total. The molecule has 1 heterocycles. The Kier molecular flexibility index (Phi) is 6.08. The number of ketones is 1. The van der Waals surface area contributed by atoms with Crippen molar-refractivity contribution in [2.75, 3.05) is 6.61 Å². The summed E-state index contributed by atoms with van der Waals surface area (Å²) in [6, 6.07) is 4.03. The highest BCUT2D eigenvalue weighted by molar-refractivity contribution is 7.80. The van der Waals surface area contributed by atoms with E-state index in [0.29, 0.717) is 17.7 Å². The van der Waals surface area contributed by atoms with Gasteiger partial charge in [-0.2, -0.15) is 12.6 Å². The summed E-state index contributed by atoms with van der Waals surface area (Å²) in [5, 5.41) is 3.56. The van der Waals surface area contributed by atoms with Crippen LogP contribution in [0.1, 0.15) is 33.6 Å². The second-order valence-corrected chi connectivity index (χ2v) is 6.77. The van der Waals surface area contributed by atoms with E-state index in [-0.39, 0.29) is 29.8 Å². The minimum atomic E-state index is -0.0179. The maximum Gasteiger partial charge on any atom is 0.213 e. The van der Waals surface area contributed by atoms with Gasteiger partial charge in [-0.05, 0) is 25.8 Å². The Morgan fingerprint density at radius 1 is 1.41 bits per heavy atom. The van der Waals surface area contributed by atoms with Crippen molar-refractivity contribution in [2.24, 2.45) is 5.92 Å². The number of hydrogen-bond donors (Lipinski definition) is 2. The maximum absolute atomic E-state index is 11.5. The molecular weight excluding hydrogens is 300 g/mol. The van der Waals surface area contributed by atoms with Crippen LogP contribution in [0.3, 0.4) is 0 Å². The van der Waals surface area contributed by atoms with Crippen LogP contribution in [0.25, 0.3) is 0 Å². The second-order valence-electron chi connectivity index (χ2n) is 5.99. The van der Waals surface area contributed by atoms with Gasteiger partial charge in [-0.1, -0.05) is 13.8 Å². The molecule has 0 radical (unpaired) electrons. The lowest BCUT2D eigenvalue weighted by atomic mass is 9.89. The summed E-state index contributed by atoms with van der Waals surface area (Å²) in [5.74, 6) is 1.23. The lowest BCUT2D eigenvalue weighted by Crippen LogP contribution is -2.48. The van der Waals surface area contributed by atoms with Gasteiger partial charge in [0.05, 0.1) is 6.20 Å². The minimum absolute atomic E-state index is 0.0179. The largest absolute Gasteiger partial charge is 0.484 e. The van der Waals surface area contributed by atoms with E-state index >= 15 is 0 Å². The van der Waals surface area contributed by atoms with Crippen LogP contribution in [0.5, 0.6) is 11.6 Å². The topological polar surface area (TPSA) is 60.5 Å². The molecule has 0 aromatic carbocycles. The number of carbonyl (C=O) groups is 1. The van der Waals surface area contributed by atoms with Gasteiger partial charge < -0.3 is 14.8 Å². The molecule has 1 saturated carbocycles. The van der Waals surface area contributed by atoms with Crippen LogP contribution in [0.2, 0.25) is 0 Å². The fourth-order valence-electron chi connectivity index (χ4n) is 2.15. The number of nitrogens with zero attached hydrogens (tertiary/aromatic N) is 1. The first-order valence-corrected chi connectivity index (χ1v) is 8.18. The van der Waals surface area contributed by atoms with Gasteiger partial charge in [0.2, 0.25) is 5.88 Å². The molecule has 1 N–H and O–H groups in total. The first-order chi connectivity index (χ1) is 10.4. The van der Waals surface area contributed by atoms with E-state index in [1.165, 1.54) is 0 Å². The SMILES string of the molecule is CC(S)N[C@H]1C[C@@H](Oc2ccc(OCC(=O)C(C)C)cn2)C1. The number of Topliss-reactive ketones (excluding diaryl/α,β-unsaturated/α-hetero) is 1. The highest BCUT2D eigenvalue weighted by Crippen LogP contribution is 2.26. The Bertz CT molecular complexity index is 485. The Balaban J connectivity index is 1.72. The van der Waals surface area contributed by atoms with Gasteiger partial charge >= 0.3 is 0 Å². The molecule has 122 valence electrons. The van der Waals surface area contributed by atoms with E-state index in [1.54, 1.807) is 18.3 Å². The molecule has 2 rings (SSSR count). The van der Waals surface area contributed by atoms with Gasteiger partial charge in [0, 0.05) is 23.4 Å². The summed E-state index contributed by atoms with van der Waals surface area (Å²) >= 11 is 4.31. The van der Waals surface area contributed by atoms with Crippen LogP contribution < -0.4 is 14.8 Å². The smallest absolute Gasteiger partial charge is 0.213 e. The fourth-order valence-corrected chi connectivity index (χ4v) is 2.36. The van der Waals surface area contributed by atoms with Crippen LogP contribution in [-0.4, -0.2) is 34.9 Å². The molecule has 1 aromatic rings. The molecule has 22 heavy (non-hydrogen) atoms. The van der Waals surface area contributed by atoms with Crippen LogP contribution in [0.4, 0.5) is 0 Å². The average molecular weight is 324 g/mol. The Morgan fingerprint density at radius 3 is 2.68 bits per heavy atom. The lowest BCUT2D eigenvalue weighted by molar-refractivity contribution is -0.123. The molecule has 1 unspecified atom stereocenters. The van der Waals surface area contributed by atoms with E-state index in [1.807, 2.05) is 20.8 Å². The number of thiol groups is 1. The summed E-state index contributed by atoms with van der Waals surface area (Å²) < 4.78 is 11.2. The second kappa shape index (κ2) is 7.83. The van der Waals surface area contributed by atoms with Gasteiger partial charge in [-0.3, -0.25) is 4.79 Å². The van der Waals surface area contributed by atoms with Crippen molar-refractivity contribution in [3.8, 4) is 11.6 Å². The first-order valence-electron chi connectivity index (χ1n) is 7.66. The summed E-state index contributed by atoms with van der Waals surface area (Å²) in [5.41, 5.74) is 0. The maximum atomic E-state index is 11.5. The number of nitrogens with one attached hydrogen (secondary N) is 1. The monoisotopic (exact) mass is 324 g/mol. The normalized spacial score (nSPS) is 22.0. The number of pyridine rings is 1. The van der Waals surface area contributed by atoms with Crippen molar-refractivity contribution in [1.82, 2.24) is 10.3 Å². The third-order valence-electron chi connectivity index (χ3n) is 3.59. The molecule has 0 bridgehead atoms. The van der Waals surface area contributed by atoms with Crippen LogP contribution in [0.15, 0.2) is 18.3 Å². The van der Waals surface area contributed by atoms with Gasteiger partial charge in [-0.15, -0.1) is 0 Å². The molecular formula is C16H24N2O3S. The lowest BCUT2D eigenvalue weighted by Gasteiger charge is -2.36. The Labute approximate surface area is 137 Å². The number of hydrogen-bond acceptors (Lipinski definition) is 6. The number of rotatable bonds is 8. The Hall–Kier alpha value is -1.27. The molecule has 1 atom stereocenters. The van der Waals surface area contributed by atoms with E-state index < -0.39 is 0 Å². The highest BCUT2D eigenvalue weighted by Gasteiger charge is 2.31. The first kappa shape index (κ1) is 17.1. The van der Waals surface area contributed by atoms with E-state index in [0.717, 1.165) is 12.8 Å². The molecule has 1 aliphatic rings. The van der Waals surface area contributed by atoms with Crippen molar-refractivity contribution in [3.05, 3.63) is 18.3 Å². The third-order valence-corrected chi connectivity index (χ3v) is 3.74. The van der Waals surface area contributed by atoms with Gasteiger partial charge in [0.25, 0.3) is 0 Å². The molecule has 1 aliphatic carbocycles. The van der Waals surface area contributed by atoms with E-state index in [2.05, 4.69) is 22.9 Å². The molecule has 0 saturated heterocycles. The van der Waals surface area contributed by atoms with Gasteiger partial charge in [0.1, 0.15) is 18.5 Å². The van der Waals surface area contributed by atoms with Crippen molar-refractivity contribution in [3.63, 3.8) is 0 Å². The van der Waals surface area contributed by atoms with Gasteiger partial charge in [0.15, 0.2) is 5.78 Å². The van der Waals surface area contributed by atoms with Crippen molar-refractivity contribution >= 4 is 18.4 Å². The predicted octanol–water partition coefficient (Wildman–Crippen LogP) is 2.46. The minimum Gasteiger partial charge on any atom is -0.484 e. The van der Waals surface area contributed by atoms with E-state index in [9.17, 15) is 4.79 Å². The van der Waals surface area contributed by atoms with Crippen molar-refractivity contribution < 1.29 is 14.3 Å². The van der Waals surface area contributed by atoms with Crippen molar-refractivity contribution in [1.29, 1.82) is 0 Å². The summed E-state index contributed by atoms with van der Waals surface area (Å²) in [4.78, 5) is 15.7. The summed E-state index contributed by atoms with van der Waals surface area (Å²) in [6.07, 6.45) is 3.72. The van der Waals surface area contributed by atoms with Gasteiger partial charge in [-0.25, -0.2) is 4.98 Å². The Morgan fingerprint density at radius 2 is 2.14 bits per heavy atom. The zero-order valence-corrected chi connectivity index (χ0v) is 14.2. The number of ether oxygens (including phenoxy) is 2. The van der Waals surface area contributed by atoms with Crippen molar-refractivity contribution in [2.45, 2.75) is 51.1 Å². The fraction of sp³-hybridized carbons (Fsp3) is 0.625. The molecule has 6 heteroatoms. The molecule has 0 spiro atoms. The molecule has 1 fully saturated rings. The quantitative estimate of drug-likeness (QED) is 0.568. The zero-order chi connectivity index (χ0) is 16.1. The molecule has 0 aliphatic heterocycles. The van der Waals surface area contributed by atoms with E-state index in [4.69, 9.17) is 9.47 Å². The summed E-state index contributed by atoms with van der Waals surface area (Å²) in [7, 11) is 0. The standard InChI is InChI=1S/C16H24N2O3S/c1-10(2)15(19)9-20-13-4-5-16(17-8-13)21-14-6-12(7-14)18-11(3)22/h4-5,8,10-12,14,18,22H,6-7,9H2,1-3H3/t11?,12-,14+. The number of aromatic nitrogens is 1. The van der Waals surface area contributed by atoms with Crippen LogP contribution in [-0.2, 0) is 4.79 Å². The third kappa shape index (κ3) is 5.18. The molecule has 0 amide bonds. The van der Waals surface area contributed by atoms with Crippen LogP contribution in [0, 0.1) is 5.92 Å². The van der Waals surface area contributed by atoms with Crippen LogP contribution >= 0.6 is 12.6 Å². The average Bonchev–Trinajstić information content (AvgIpc) is 2.43. The molecule has 1 aromatic heterocycles. The zero-order valence-electron chi connectivity index (χ0n) is 13.3.